The van der Waals surface area contributed by atoms with Crippen molar-refractivity contribution < 1.29 is 4.79 Å². The van der Waals surface area contributed by atoms with Crippen LogP contribution in [0.15, 0.2) is 30.3 Å². The lowest BCUT2D eigenvalue weighted by atomic mass is 9.85. The first-order valence-corrected chi connectivity index (χ1v) is 7.32. The number of nitrogens with zero attached hydrogens (tertiary/aromatic N) is 2. The molecule has 5 nitrogen and oxygen atoms in total. The largest absolute Gasteiger partial charge is 0.348 e. The fourth-order valence-corrected chi connectivity index (χ4v) is 2.38. The Labute approximate surface area is 125 Å². The van der Waals surface area contributed by atoms with Crippen LogP contribution in [0.5, 0.6) is 0 Å². The zero-order chi connectivity index (χ0) is 15.2. The maximum atomic E-state index is 12.5. The topological polar surface area (TPSA) is 70.7 Å². The summed E-state index contributed by atoms with van der Waals surface area (Å²) >= 11 is 0. The molecule has 5 heteroatoms. The van der Waals surface area contributed by atoms with Crippen LogP contribution in [0.4, 0.5) is 0 Å². The van der Waals surface area contributed by atoms with Gasteiger partial charge in [0.05, 0.1) is 12.5 Å². The van der Waals surface area contributed by atoms with Gasteiger partial charge in [-0.05, 0) is 18.4 Å². The molecule has 2 rings (SSSR count). The highest BCUT2D eigenvalue weighted by atomic mass is 16.1. The molecule has 2 N–H and O–H groups in total. The Bertz CT molecular complexity index is 579. The van der Waals surface area contributed by atoms with Crippen LogP contribution in [0.2, 0.25) is 0 Å². The first-order valence-electron chi connectivity index (χ1n) is 7.32. The number of carbonyl (C=O) groups is 1. The standard InChI is InChI=1S/C16H22N4O/c1-4-11(2)15(13-8-6-5-7-9-13)16(21)17-10-14-18-12(3)19-20-14/h5-9,11,15H,4,10H2,1-3H3,(H,17,21)(H,18,19,20). The quantitative estimate of drug-likeness (QED) is 0.857. The number of rotatable bonds is 6. The molecule has 1 aromatic heterocycles. The second kappa shape index (κ2) is 7.02. The number of nitrogens with one attached hydrogen (secondary N) is 2. The van der Waals surface area contributed by atoms with E-state index in [0.29, 0.717) is 12.4 Å². The van der Waals surface area contributed by atoms with Gasteiger partial charge in [-0.2, -0.15) is 5.10 Å². The van der Waals surface area contributed by atoms with E-state index in [1.54, 1.807) is 0 Å². The Balaban J connectivity index is 2.08. The molecule has 2 aromatic rings. The minimum Gasteiger partial charge on any atom is -0.348 e. The molecule has 21 heavy (non-hydrogen) atoms. The first-order chi connectivity index (χ1) is 10.1. The summed E-state index contributed by atoms with van der Waals surface area (Å²) in [5.74, 6) is 1.52. The third-order valence-electron chi connectivity index (χ3n) is 3.72. The second-order valence-electron chi connectivity index (χ2n) is 5.33. The Kier molecular flexibility index (Phi) is 5.09. The van der Waals surface area contributed by atoms with E-state index in [9.17, 15) is 4.79 Å². The van der Waals surface area contributed by atoms with Gasteiger partial charge in [-0.25, -0.2) is 4.98 Å². The van der Waals surface area contributed by atoms with E-state index in [4.69, 9.17) is 0 Å². The van der Waals surface area contributed by atoms with E-state index in [-0.39, 0.29) is 17.7 Å². The molecular formula is C16H22N4O. The number of H-pyrrole nitrogens is 1. The van der Waals surface area contributed by atoms with Gasteiger partial charge in [-0.15, -0.1) is 0 Å². The number of amides is 1. The zero-order valence-corrected chi connectivity index (χ0v) is 12.8. The van der Waals surface area contributed by atoms with Crippen molar-refractivity contribution in [3.8, 4) is 0 Å². The maximum Gasteiger partial charge on any atom is 0.228 e. The monoisotopic (exact) mass is 286 g/mol. The molecule has 0 aliphatic heterocycles. The molecule has 1 aromatic carbocycles. The molecule has 2 atom stereocenters. The molecule has 1 amide bonds. The lowest BCUT2D eigenvalue weighted by molar-refractivity contribution is -0.123. The van der Waals surface area contributed by atoms with E-state index in [0.717, 1.165) is 17.8 Å². The van der Waals surface area contributed by atoms with E-state index in [1.807, 2.05) is 37.3 Å². The Morgan fingerprint density at radius 2 is 2.05 bits per heavy atom. The SMILES string of the molecule is CCC(C)C(C(=O)NCc1n[nH]c(C)n1)c1ccccc1. The molecule has 0 aliphatic carbocycles. The van der Waals surface area contributed by atoms with Crippen molar-refractivity contribution in [2.45, 2.75) is 39.7 Å². The third-order valence-corrected chi connectivity index (χ3v) is 3.72. The normalized spacial score (nSPS) is 13.7. The van der Waals surface area contributed by atoms with Crippen molar-refractivity contribution in [2.75, 3.05) is 0 Å². The van der Waals surface area contributed by atoms with Crippen molar-refractivity contribution in [3.05, 3.63) is 47.5 Å². The van der Waals surface area contributed by atoms with Gasteiger partial charge in [0.15, 0.2) is 5.82 Å². The van der Waals surface area contributed by atoms with Gasteiger partial charge >= 0.3 is 0 Å². The number of aromatic nitrogens is 3. The number of carbonyl (C=O) groups excluding carboxylic acids is 1. The van der Waals surface area contributed by atoms with Crippen molar-refractivity contribution >= 4 is 5.91 Å². The maximum absolute atomic E-state index is 12.5. The lowest BCUT2D eigenvalue weighted by Crippen LogP contribution is -2.32. The van der Waals surface area contributed by atoms with Crippen molar-refractivity contribution in [1.82, 2.24) is 20.5 Å². The van der Waals surface area contributed by atoms with Gasteiger partial charge in [-0.3, -0.25) is 9.89 Å². The van der Waals surface area contributed by atoms with Crippen molar-refractivity contribution in [1.29, 1.82) is 0 Å². The van der Waals surface area contributed by atoms with E-state index < -0.39 is 0 Å². The van der Waals surface area contributed by atoms with E-state index in [1.165, 1.54) is 0 Å². The molecule has 2 unspecified atom stereocenters. The fraction of sp³-hybridized carbons (Fsp3) is 0.438. The summed E-state index contributed by atoms with van der Waals surface area (Å²) in [4.78, 5) is 16.7. The summed E-state index contributed by atoms with van der Waals surface area (Å²) in [6.07, 6.45) is 0.951. The summed E-state index contributed by atoms with van der Waals surface area (Å²) in [5.41, 5.74) is 1.05. The van der Waals surface area contributed by atoms with Crippen LogP contribution in [-0.4, -0.2) is 21.1 Å². The molecular weight excluding hydrogens is 264 g/mol. The first kappa shape index (κ1) is 15.2. The van der Waals surface area contributed by atoms with Gasteiger partial charge in [-0.1, -0.05) is 50.6 Å². The number of aryl methyl sites for hydroxylation is 1. The predicted octanol–water partition coefficient (Wildman–Crippen LogP) is 2.56. The minimum atomic E-state index is -0.142. The van der Waals surface area contributed by atoms with Crippen LogP contribution in [0.25, 0.3) is 0 Å². The summed E-state index contributed by atoms with van der Waals surface area (Å²) in [5, 5.41) is 9.75. The summed E-state index contributed by atoms with van der Waals surface area (Å²) in [6.45, 7) is 6.40. The molecule has 0 spiro atoms. The zero-order valence-electron chi connectivity index (χ0n) is 12.8. The Hall–Kier alpha value is -2.17. The highest BCUT2D eigenvalue weighted by Gasteiger charge is 2.25. The summed E-state index contributed by atoms with van der Waals surface area (Å²) < 4.78 is 0. The van der Waals surface area contributed by atoms with E-state index >= 15 is 0 Å². The van der Waals surface area contributed by atoms with Crippen LogP contribution in [-0.2, 0) is 11.3 Å². The smallest absolute Gasteiger partial charge is 0.228 e. The van der Waals surface area contributed by atoms with Gasteiger partial charge in [0.2, 0.25) is 5.91 Å². The molecule has 0 aliphatic rings. The van der Waals surface area contributed by atoms with Crippen LogP contribution in [0.1, 0.15) is 43.4 Å². The van der Waals surface area contributed by atoms with Gasteiger partial charge in [0, 0.05) is 0 Å². The van der Waals surface area contributed by atoms with E-state index in [2.05, 4.69) is 34.3 Å². The lowest BCUT2D eigenvalue weighted by Gasteiger charge is -2.22. The summed E-state index contributed by atoms with van der Waals surface area (Å²) in [7, 11) is 0. The number of benzene rings is 1. The van der Waals surface area contributed by atoms with Crippen LogP contribution in [0, 0.1) is 12.8 Å². The van der Waals surface area contributed by atoms with Crippen LogP contribution < -0.4 is 5.32 Å². The number of hydrogen-bond donors (Lipinski definition) is 2. The van der Waals surface area contributed by atoms with Crippen molar-refractivity contribution in [3.63, 3.8) is 0 Å². The molecule has 1 heterocycles. The molecule has 0 bridgehead atoms. The molecule has 0 radical (unpaired) electrons. The predicted molar refractivity (Wildman–Crippen MR) is 81.6 cm³/mol. The highest BCUT2D eigenvalue weighted by molar-refractivity contribution is 5.83. The molecule has 0 fully saturated rings. The third kappa shape index (κ3) is 3.90. The second-order valence-corrected chi connectivity index (χ2v) is 5.33. The average molecular weight is 286 g/mol. The molecule has 0 saturated heterocycles. The van der Waals surface area contributed by atoms with Crippen LogP contribution in [0.3, 0.4) is 0 Å². The summed E-state index contributed by atoms with van der Waals surface area (Å²) in [6, 6.07) is 9.92. The van der Waals surface area contributed by atoms with Gasteiger partial charge < -0.3 is 5.32 Å². The molecule has 0 saturated carbocycles. The fourth-order valence-electron chi connectivity index (χ4n) is 2.38. The Morgan fingerprint density at radius 1 is 1.33 bits per heavy atom. The number of aromatic amines is 1. The van der Waals surface area contributed by atoms with Crippen molar-refractivity contribution in [2.24, 2.45) is 5.92 Å². The minimum absolute atomic E-state index is 0.0259. The van der Waals surface area contributed by atoms with Crippen LogP contribution >= 0.6 is 0 Å². The van der Waals surface area contributed by atoms with Gasteiger partial charge in [0.25, 0.3) is 0 Å². The van der Waals surface area contributed by atoms with Gasteiger partial charge in [0.1, 0.15) is 5.82 Å². The number of hydrogen-bond acceptors (Lipinski definition) is 3. The average Bonchev–Trinajstić information content (AvgIpc) is 2.92. The Morgan fingerprint density at radius 3 is 2.62 bits per heavy atom. The highest BCUT2D eigenvalue weighted by Crippen LogP contribution is 2.27. The molecule has 112 valence electrons.